The van der Waals surface area contributed by atoms with Crippen LogP contribution in [0.4, 0.5) is 4.39 Å². The molecule has 1 unspecified atom stereocenters. The van der Waals surface area contributed by atoms with Crippen molar-refractivity contribution in [2.24, 2.45) is 0 Å². The highest BCUT2D eigenvalue weighted by atomic mass is 19.1. The van der Waals surface area contributed by atoms with Crippen LogP contribution in [0.15, 0.2) is 24.3 Å². The number of halogens is 1. The van der Waals surface area contributed by atoms with E-state index in [9.17, 15) is 14.0 Å². The third kappa shape index (κ3) is 2.87. The van der Waals surface area contributed by atoms with E-state index in [1.54, 1.807) is 19.1 Å². The van der Waals surface area contributed by atoms with Crippen molar-refractivity contribution >= 4 is 12.7 Å². The van der Waals surface area contributed by atoms with E-state index in [1.807, 2.05) is 0 Å². The van der Waals surface area contributed by atoms with Gasteiger partial charge in [0.15, 0.2) is 0 Å². The second kappa shape index (κ2) is 5.24. The maximum atomic E-state index is 12.6. The molecule has 1 atom stereocenters. The Labute approximate surface area is 87.5 Å². The molecule has 1 amide bonds. The molecule has 0 saturated carbocycles. The van der Waals surface area contributed by atoms with Crippen LogP contribution < -0.4 is 0 Å². The van der Waals surface area contributed by atoms with E-state index in [0.717, 1.165) is 5.56 Å². The fraction of sp³-hybridized carbons (Fsp3) is 0.273. The van der Waals surface area contributed by atoms with E-state index < -0.39 is 0 Å². The second-order valence-electron chi connectivity index (χ2n) is 3.20. The van der Waals surface area contributed by atoms with Crippen LogP contribution in [0.1, 0.15) is 18.5 Å². The van der Waals surface area contributed by atoms with Gasteiger partial charge < -0.3 is 9.69 Å². The van der Waals surface area contributed by atoms with Gasteiger partial charge in [0, 0.05) is 0 Å². The molecule has 80 valence electrons. The molecule has 0 saturated heterocycles. The lowest BCUT2D eigenvalue weighted by Gasteiger charge is -2.23. The molecule has 0 aliphatic rings. The number of carbonyl (C=O) groups excluding carboxylic acids is 2. The van der Waals surface area contributed by atoms with Crippen LogP contribution in [0.3, 0.4) is 0 Å². The molecule has 0 aliphatic carbocycles. The van der Waals surface area contributed by atoms with Gasteiger partial charge in [-0.1, -0.05) is 12.1 Å². The van der Waals surface area contributed by atoms with E-state index >= 15 is 0 Å². The molecule has 0 fully saturated rings. The highest BCUT2D eigenvalue weighted by molar-refractivity contribution is 5.60. The summed E-state index contributed by atoms with van der Waals surface area (Å²) in [5, 5.41) is 0. The normalized spacial score (nSPS) is 11.9. The SMILES string of the molecule is CC(c1ccc(F)cc1)N(C=O)CC=O. The second-order valence-corrected chi connectivity index (χ2v) is 3.20. The van der Waals surface area contributed by atoms with E-state index in [0.29, 0.717) is 12.7 Å². The summed E-state index contributed by atoms with van der Waals surface area (Å²) in [5.74, 6) is -0.320. The van der Waals surface area contributed by atoms with Crippen LogP contribution in [0.25, 0.3) is 0 Å². The Morgan fingerprint density at radius 2 is 1.93 bits per heavy atom. The van der Waals surface area contributed by atoms with Crippen LogP contribution in [-0.2, 0) is 9.59 Å². The van der Waals surface area contributed by atoms with Crippen LogP contribution in [0.2, 0.25) is 0 Å². The van der Waals surface area contributed by atoms with Gasteiger partial charge in [-0.15, -0.1) is 0 Å². The summed E-state index contributed by atoms with van der Waals surface area (Å²) in [6.45, 7) is 1.83. The number of nitrogens with zero attached hydrogens (tertiary/aromatic N) is 1. The Morgan fingerprint density at radius 3 is 2.40 bits per heavy atom. The first-order chi connectivity index (χ1) is 7.19. The highest BCUT2D eigenvalue weighted by Gasteiger charge is 2.12. The number of aldehydes is 1. The molecule has 15 heavy (non-hydrogen) atoms. The summed E-state index contributed by atoms with van der Waals surface area (Å²) in [4.78, 5) is 22.3. The summed E-state index contributed by atoms with van der Waals surface area (Å²) in [6, 6.07) is 5.63. The Balaban J connectivity index is 2.81. The fourth-order valence-corrected chi connectivity index (χ4v) is 1.31. The van der Waals surface area contributed by atoms with E-state index in [1.165, 1.54) is 17.0 Å². The van der Waals surface area contributed by atoms with Gasteiger partial charge in [-0.25, -0.2) is 4.39 Å². The third-order valence-electron chi connectivity index (χ3n) is 2.27. The van der Waals surface area contributed by atoms with Crippen molar-refractivity contribution in [3.8, 4) is 0 Å². The molecular weight excluding hydrogens is 197 g/mol. The first kappa shape index (κ1) is 11.4. The quantitative estimate of drug-likeness (QED) is 0.690. The smallest absolute Gasteiger partial charge is 0.210 e. The van der Waals surface area contributed by atoms with Crippen molar-refractivity contribution in [1.29, 1.82) is 0 Å². The topological polar surface area (TPSA) is 37.4 Å². The molecule has 0 spiro atoms. The lowest BCUT2D eigenvalue weighted by Crippen LogP contribution is -2.27. The molecule has 0 heterocycles. The molecule has 1 aromatic carbocycles. The van der Waals surface area contributed by atoms with Crippen molar-refractivity contribution in [1.82, 2.24) is 4.90 Å². The predicted octanol–water partition coefficient (Wildman–Crippen LogP) is 1.54. The summed E-state index contributed by atoms with van der Waals surface area (Å²) in [6.07, 6.45) is 1.27. The molecule has 3 nitrogen and oxygen atoms in total. The lowest BCUT2D eigenvalue weighted by molar-refractivity contribution is -0.123. The summed E-state index contributed by atoms with van der Waals surface area (Å²) < 4.78 is 12.6. The molecule has 0 radical (unpaired) electrons. The van der Waals surface area contributed by atoms with E-state index in [-0.39, 0.29) is 18.4 Å². The number of amides is 1. The molecule has 0 aromatic heterocycles. The molecular formula is C11H12FNO2. The molecule has 1 rings (SSSR count). The summed E-state index contributed by atoms with van der Waals surface area (Å²) in [7, 11) is 0. The number of hydrogen-bond acceptors (Lipinski definition) is 2. The van der Waals surface area contributed by atoms with E-state index in [2.05, 4.69) is 0 Å². The van der Waals surface area contributed by atoms with Crippen molar-refractivity contribution in [3.63, 3.8) is 0 Å². The molecule has 1 aromatic rings. The van der Waals surface area contributed by atoms with Gasteiger partial charge in [0.05, 0.1) is 12.6 Å². The average Bonchev–Trinajstić information content (AvgIpc) is 2.26. The van der Waals surface area contributed by atoms with Gasteiger partial charge in [0.2, 0.25) is 6.41 Å². The minimum absolute atomic E-state index is 0.0437. The van der Waals surface area contributed by atoms with Gasteiger partial charge in [0.25, 0.3) is 0 Å². The van der Waals surface area contributed by atoms with Crippen molar-refractivity contribution in [2.45, 2.75) is 13.0 Å². The Hall–Kier alpha value is -1.71. The summed E-state index contributed by atoms with van der Waals surface area (Å²) >= 11 is 0. The fourth-order valence-electron chi connectivity index (χ4n) is 1.31. The Bertz CT molecular complexity index is 337. The van der Waals surface area contributed by atoms with Crippen molar-refractivity contribution < 1.29 is 14.0 Å². The number of benzene rings is 1. The molecule has 0 N–H and O–H groups in total. The van der Waals surface area contributed by atoms with Crippen LogP contribution >= 0.6 is 0 Å². The first-order valence-electron chi connectivity index (χ1n) is 4.59. The molecule has 4 heteroatoms. The van der Waals surface area contributed by atoms with Gasteiger partial charge in [-0.2, -0.15) is 0 Å². The molecule has 0 bridgehead atoms. The van der Waals surface area contributed by atoms with E-state index in [4.69, 9.17) is 0 Å². The maximum Gasteiger partial charge on any atom is 0.210 e. The Morgan fingerprint density at radius 1 is 1.33 bits per heavy atom. The monoisotopic (exact) mass is 209 g/mol. The zero-order valence-corrected chi connectivity index (χ0v) is 8.39. The van der Waals surface area contributed by atoms with Gasteiger partial charge >= 0.3 is 0 Å². The Kier molecular flexibility index (Phi) is 3.97. The molecule has 0 aliphatic heterocycles. The largest absolute Gasteiger partial charge is 0.331 e. The van der Waals surface area contributed by atoms with Crippen LogP contribution in [0.5, 0.6) is 0 Å². The maximum absolute atomic E-state index is 12.6. The van der Waals surface area contributed by atoms with Gasteiger partial charge in [-0.3, -0.25) is 4.79 Å². The lowest BCUT2D eigenvalue weighted by atomic mass is 10.1. The minimum Gasteiger partial charge on any atom is -0.331 e. The van der Waals surface area contributed by atoms with Crippen LogP contribution in [-0.4, -0.2) is 24.1 Å². The highest BCUT2D eigenvalue weighted by Crippen LogP contribution is 2.18. The predicted molar refractivity (Wildman–Crippen MR) is 53.6 cm³/mol. The average molecular weight is 209 g/mol. The van der Waals surface area contributed by atoms with Gasteiger partial charge in [0.1, 0.15) is 12.1 Å². The summed E-state index contributed by atoms with van der Waals surface area (Å²) in [5.41, 5.74) is 0.797. The standard InChI is InChI=1S/C11H12FNO2/c1-9(13(8-15)6-7-14)10-2-4-11(12)5-3-10/h2-5,7-9H,6H2,1H3. The minimum atomic E-state index is -0.320. The zero-order valence-electron chi connectivity index (χ0n) is 8.39. The number of carbonyl (C=O) groups is 2. The van der Waals surface area contributed by atoms with Gasteiger partial charge in [-0.05, 0) is 24.6 Å². The number of hydrogen-bond donors (Lipinski definition) is 0. The van der Waals surface area contributed by atoms with Crippen LogP contribution in [0, 0.1) is 5.82 Å². The van der Waals surface area contributed by atoms with Crippen molar-refractivity contribution in [3.05, 3.63) is 35.6 Å². The first-order valence-corrected chi connectivity index (χ1v) is 4.59. The van der Waals surface area contributed by atoms with Crippen molar-refractivity contribution in [2.75, 3.05) is 6.54 Å². The third-order valence-corrected chi connectivity index (χ3v) is 2.27. The zero-order chi connectivity index (χ0) is 11.3. The number of rotatable bonds is 5.